The largest absolute Gasteiger partial charge is 0.497 e. The highest BCUT2D eigenvalue weighted by molar-refractivity contribution is 5.96. The third-order valence-electron chi connectivity index (χ3n) is 5.77. The van der Waals surface area contributed by atoms with Crippen molar-refractivity contribution >= 4 is 11.8 Å². The molecule has 1 saturated heterocycles. The van der Waals surface area contributed by atoms with Crippen LogP contribution in [0.15, 0.2) is 42.5 Å². The Bertz CT molecular complexity index is 921. The third kappa shape index (κ3) is 4.58. The number of methoxy groups -OCH3 is 1. The molecule has 1 aliphatic heterocycles. The van der Waals surface area contributed by atoms with Crippen LogP contribution in [0.4, 0.5) is 0 Å². The molecule has 2 fully saturated rings. The predicted octanol–water partition coefficient (Wildman–Crippen LogP) is 3.58. The molecule has 2 aromatic rings. The van der Waals surface area contributed by atoms with Crippen molar-refractivity contribution in [2.45, 2.75) is 44.7 Å². The molecule has 1 N–H and O–H groups in total. The number of nitrogens with zero attached hydrogens (tertiary/aromatic N) is 1. The summed E-state index contributed by atoms with van der Waals surface area (Å²) in [6, 6.07) is 13.1. The van der Waals surface area contributed by atoms with Crippen molar-refractivity contribution in [2.24, 2.45) is 0 Å². The molecule has 1 aliphatic carbocycles. The van der Waals surface area contributed by atoms with Crippen molar-refractivity contribution in [3.05, 3.63) is 59.2 Å². The molecule has 0 radical (unpaired) electrons. The van der Waals surface area contributed by atoms with E-state index in [0.717, 1.165) is 43.5 Å². The number of rotatable bonds is 7. The van der Waals surface area contributed by atoms with Gasteiger partial charge in [-0.15, -0.1) is 0 Å². The van der Waals surface area contributed by atoms with Crippen molar-refractivity contribution in [3.8, 4) is 11.5 Å². The molecule has 1 heterocycles. The molecule has 158 valence electrons. The van der Waals surface area contributed by atoms with Crippen LogP contribution >= 0.6 is 0 Å². The Labute approximate surface area is 177 Å². The maximum atomic E-state index is 13.1. The highest BCUT2D eigenvalue weighted by Gasteiger charge is 2.30. The van der Waals surface area contributed by atoms with Gasteiger partial charge in [-0.3, -0.25) is 9.59 Å². The molecule has 2 amide bonds. The van der Waals surface area contributed by atoms with Crippen molar-refractivity contribution in [1.82, 2.24) is 10.2 Å². The van der Waals surface area contributed by atoms with Gasteiger partial charge in [0, 0.05) is 23.7 Å². The summed E-state index contributed by atoms with van der Waals surface area (Å²) in [7, 11) is 1.62. The van der Waals surface area contributed by atoms with Gasteiger partial charge in [0.25, 0.3) is 11.8 Å². The first kappa shape index (κ1) is 20.3. The summed E-state index contributed by atoms with van der Waals surface area (Å²) in [6.07, 6.45) is 4.03. The van der Waals surface area contributed by atoms with Gasteiger partial charge in [0.1, 0.15) is 18.1 Å². The number of ether oxygens (including phenoxy) is 2. The van der Waals surface area contributed by atoms with Gasteiger partial charge in [-0.1, -0.05) is 0 Å². The highest BCUT2D eigenvalue weighted by Crippen LogP contribution is 2.25. The number of hydrogen-bond donors (Lipinski definition) is 1. The van der Waals surface area contributed by atoms with Crippen LogP contribution in [-0.4, -0.2) is 49.1 Å². The molecule has 0 spiro atoms. The zero-order chi connectivity index (χ0) is 21.1. The van der Waals surface area contributed by atoms with E-state index in [9.17, 15) is 9.59 Å². The van der Waals surface area contributed by atoms with Crippen LogP contribution in [0.3, 0.4) is 0 Å². The van der Waals surface area contributed by atoms with E-state index in [2.05, 4.69) is 5.32 Å². The molecule has 4 rings (SSSR count). The summed E-state index contributed by atoms with van der Waals surface area (Å²) in [4.78, 5) is 27.1. The van der Waals surface area contributed by atoms with Crippen LogP contribution in [0.25, 0.3) is 0 Å². The van der Waals surface area contributed by atoms with Crippen LogP contribution in [0, 0.1) is 6.92 Å². The number of likely N-dealkylation sites (tertiary alicyclic amines) is 1. The van der Waals surface area contributed by atoms with E-state index < -0.39 is 0 Å². The second kappa shape index (κ2) is 8.78. The van der Waals surface area contributed by atoms with Gasteiger partial charge in [0.15, 0.2) is 0 Å². The molecule has 6 heteroatoms. The molecule has 30 heavy (non-hydrogen) atoms. The third-order valence-corrected chi connectivity index (χ3v) is 5.77. The number of nitrogens with one attached hydrogen (secondary N) is 1. The number of aryl methyl sites for hydroxylation is 1. The first-order chi connectivity index (χ1) is 14.5. The fourth-order valence-electron chi connectivity index (χ4n) is 3.83. The van der Waals surface area contributed by atoms with Crippen molar-refractivity contribution < 1.29 is 19.1 Å². The molecule has 1 atom stereocenters. The van der Waals surface area contributed by atoms with Gasteiger partial charge in [-0.2, -0.15) is 0 Å². The Morgan fingerprint density at radius 2 is 1.80 bits per heavy atom. The quantitative estimate of drug-likeness (QED) is 0.760. The first-order valence-electron chi connectivity index (χ1n) is 10.5. The minimum absolute atomic E-state index is 0.0355. The molecule has 0 aromatic heterocycles. The number of amides is 2. The summed E-state index contributed by atoms with van der Waals surface area (Å²) >= 11 is 0. The SMILES string of the molecule is COc1ccc(C(=O)N2CCCC2COc2ccc(C(=O)NC3CC3)cc2)c(C)c1. The van der Waals surface area contributed by atoms with Crippen LogP contribution < -0.4 is 14.8 Å². The van der Waals surface area contributed by atoms with Crippen molar-refractivity contribution in [1.29, 1.82) is 0 Å². The first-order valence-corrected chi connectivity index (χ1v) is 10.5. The van der Waals surface area contributed by atoms with E-state index in [1.807, 2.05) is 42.2 Å². The summed E-state index contributed by atoms with van der Waals surface area (Å²) < 4.78 is 11.2. The summed E-state index contributed by atoms with van der Waals surface area (Å²) in [6.45, 7) is 3.10. The lowest BCUT2D eigenvalue weighted by Gasteiger charge is -2.25. The van der Waals surface area contributed by atoms with Crippen LogP contribution in [-0.2, 0) is 0 Å². The van der Waals surface area contributed by atoms with Gasteiger partial charge < -0.3 is 19.7 Å². The minimum atomic E-state index is -0.0357. The van der Waals surface area contributed by atoms with Crippen molar-refractivity contribution in [3.63, 3.8) is 0 Å². The molecule has 1 unspecified atom stereocenters. The molecule has 2 aromatic carbocycles. The van der Waals surface area contributed by atoms with Crippen LogP contribution in [0.1, 0.15) is 52.0 Å². The Kier molecular flexibility index (Phi) is 5.93. The number of benzene rings is 2. The lowest BCUT2D eigenvalue weighted by Crippen LogP contribution is -2.39. The molecular formula is C24H28N2O4. The zero-order valence-electron chi connectivity index (χ0n) is 17.5. The number of carbonyl (C=O) groups is 2. The summed E-state index contributed by atoms with van der Waals surface area (Å²) in [5.74, 6) is 1.46. The van der Waals surface area contributed by atoms with Crippen LogP contribution in [0.5, 0.6) is 11.5 Å². The average Bonchev–Trinajstić information content (AvgIpc) is 3.45. The second-order valence-electron chi connectivity index (χ2n) is 8.06. The topological polar surface area (TPSA) is 67.9 Å². The van der Waals surface area contributed by atoms with Crippen LogP contribution in [0.2, 0.25) is 0 Å². The zero-order valence-corrected chi connectivity index (χ0v) is 17.5. The van der Waals surface area contributed by atoms with E-state index in [-0.39, 0.29) is 17.9 Å². The second-order valence-corrected chi connectivity index (χ2v) is 8.06. The standard InChI is InChI=1S/C24H28N2O4/c1-16-14-21(29-2)11-12-22(16)24(28)26-13-3-4-19(26)15-30-20-9-5-17(6-10-20)23(27)25-18-7-8-18/h5-6,9-12,14,18-19H,3-4,7-8,13,15H2,1-2H3,(H,25,27). The Morgan fingerprint density at radius 1 is 1.07 bits per heavy atom. The van der Waals surface area contributed by atoms with Gasteiger partial charge in [-0.25, -0.2) is 0 Å². The maximum absolute atomic E-state index is 13.1. The fraction of sp³-hybridized carbons (Fsp3) is 0.417. The summed E-state index contributed by atoms with van der Waals surface area (Å²) in [5, 5.41) is 2.98. The van der Waals surface area contributed by atoms with E-state index in [1.54, 1.807) is 19.2 Å². The smallest absolute Gasteiger partial charge is 0.254 e. The maximum Gasteiger partial charge on any atom is 0.254 e. The lowest BCUT2D eigenvalue weighted by atomic mass is 10.1. The van der Waals surface area contributed by atoms with Gasteiger partial charge in [0.2, 0.25) is 0 Å². The minimum Gasteiger partial charge on any atom is -0.497 e. The lowest BCUT2D eigenvalue weighted by molar-refractivity contribution is 0.0690. The fourth-order valence-corrected chi connectivity index (χ4v) is 3.83. The number of carbonyl (C=O) groups excluding carboxylic acids is 2. The molecule has 1 saturated carbocycles. The Balaban J connectivity index is 1.36. The number of hydrogen-bond acceptors (Lipinski definition) is 4. The molecule has 6 nitrogen and oxygen atoms in total. The van der Waals surface area contributed by atoms with E-state index in [1.165, 1.54) is 0 Å². The predicted molar refractivity (Wildman–Crippen MR) is 114 cm³/mol. The van der Waals surface area contributed by atoms with Gasteiger partial charge >= 0.3 is 0 Å². The summed E-state index contributed by atoms with van der Waals surface area (Å²) in [5.41, 5.74) is 2.25. The molecular weight excluding hydrogens is 380 g/mol. The Hall–Kier alpha value is -3.02. The van der Waals surface area contributed by atoms with E-state index >= 15 is 0 Å². The van der Waals surface area contributed by atoms with Gasteiger partial charge in [0.05, 0.1) is 13.2 Å². The van der Waals surface area contributed by atoms with Gasteiger partial charge in [-0.05, 0) is 80.6 Å². The van der Waals surface area contributed by atoms with Crippen molar-refractivity contribution in [2.75, 3.05) is 20.3 Å². The van der Waals surface area contributed by atoms with E-state index in [0.29, 0.717) is 29.5 Å². The Morgan fingerprint density at radius 3 is 2.47 bits per heavy atom. The normalized spacial score (nSPS) is 18.2. The van der Waals surface area contributed by atoms with E-state index in [4.69, 9.17) is 9.47 Å². The average molecular weight is 408 g/mol. The molecule has 2 aliphatic rings. The monoisotopic (exact) mass is 408 g/mol. The molecule has 0 bridgehead atoms. The highest BCUT2D eigenvalue weighted by atomic mass is 16.5.